The normalized spacial score (nSPS) is 13.8. The van der Waals surface area contributed by atoms with Crippen LogP contribution in [0.2, 0.25) is 0 Å². The fourth-order valence-electron chi connectivity index (χ4n) is 3.19. The van der Waals surface area contributed by atoms with Gasteiger partial charge in [-0.3, -0.25) is 14.4 Å². The van der Waals surface area contributed by atoms with E-state index in [4.69, 9.17) is 0 Å². The van der Waals surface area contributed by atoms with E-state index in [0.717, 1.165) is 0 Å². The molecule has 0 spiro atoms. The molecule has 11 nitrogen and oxygen atoms in total. The molecule has 5 radical (unpaired) electrons. The predicted octanol–water partition coefficient (Wildman–Crippen LogP) is 1.09. The highest BCUT2D eigenvalue weighted by molar-refractivity contribution is 6.06. The van der Waals surface area contributed by atoms with E-state index >= 15 is 0 Å². The molecule has 4 rings (SSSR count). The van der Waals surface area contributed by atoms with Crippen LogP contribution in [0.4, 0.5) is 11.5 Å². The minimum Gasteiger partial charge on any atom is -0.344 e. The van der Waals surface area contributed by atoms with Crippen molar-refractivity contribution in [3.63, 3.8) is 0 Å². The van der Waals surface area contributed by atoms with Gasteiger partial charge in [-0.05, 0) is 31.7 Å². The number of anilines is 2. The summed E-state index contributed by atoms with van der Waals surface area (Å²) in [5.41, 5.74) is 0.745. The molecule has 0 aliphatic heterocycles. The Kier molecular flexibility index (Phi) is 5.80. The van der Waals surface area contributed by atoms with Gasteiger partial charge in [-0.2, -0.15) is 0 Å². The fraction of sp³-hybridized carbons (Fsp3) is 0.143. The average molecular weight is 433 g/mol. The molecule has 0 atom stereocenters. The lowest BCUT2D eigenvalue weighted by Gasteiger charge is -2.09. The molecule has 0 bridgehead atoms. The smallest absolute Gasteiger partial charge is 0.291 e. The number of carbonyl (C=O) groups excluding carboxylic acids is 3. The van der Waals surface area contributed by atoms with Crippen LogP contribution in [-0.4, -0.2) is 41.4 Å². The number of imidazole rings is 2. The summed E-state index contributed by atoms with van der Waals surface area (Å²) in [5, 5.41) is 8.13. The van der Waals surface area contributed by atoms with Crippen molar-refractivity contribution >= 4 is 29.2 Å². The Morgan fingerprint density at radius 3 is 2.22 bits per heavy atom. The van der Waals surface area contributed by atoms with E-state index in [9.17, 15) is 14.4 Å². The number of aryl methyl sites for hydroxylation is 3. The number of hydrogen-bond acceptors (Lipinski definition) is 5. The molecule has 1 aliphatic carbocycles. The molecule has 3 amide bonds. The van der Waals surface area contributed by atoms with Crippen LogP contribution >= 0.6 is 0 Å². The van der Waals surface area contributed by atoms with Gasteiger partial charge in [0.1, 0.15) is 5.69 Å². The fourth-order valence-corrected chi connectivity index (χ4v) is 3.19. The molecule has 163 valence electrons. The largest absolute Gasteiger partial charge is 0.344 e. The van der Waals surface area contributed by atoms with Gasteiger partial charge in [-0.1, -0.05) is 0 Å². The van der Waals surface area contributed by atoms with Gasteiger partial charge >= 0.3 is 0 Å². The van der Waals surface area contributed by atoms with Gasteiger partial charge in [0.15, 0.2) is 11.6 Å². The second-order valence-corrected chi connectivity index (χ2v) is 7.18. The molecular formula is C21H21N8O3. The summed E-state index contributed by atoms with van der Waals surface area (Å²) in [6.07, 6.45) is 13.5. The first kappa shape index (κ1) is 21.3. The van der Waals surface area contributed by atoms with Crippen molar-refractivity contribution in [3.05, 3.63) is 79.9 Å². The summed E-state index contributed by atoms with van der Waals surface area (Å²) in [6.45, 7) is 0. The van der Waals surface area contributed by atoms with Gasteiger partial charge in [0.05, 0.1) is 11.7 Å². The van der Waals surface area contributed by atoms with Crippen molar-refractivity contribution in [3.8, 4) is 0 Å². The lowest BCUT2D eigenvalue weighted by molar-refractivity contribution is 0.0944. The number of amides is 3. The molecule has 1 fully saturated rings. The van der Waals surface area contributed by atoms with E-state index in [2.05, 4.69) is 25.9 Å². The average Bonchev–Trinajstić information content (AvgIpc) is 3.51. The van der Waals surface area contributed by atoms with Crippen molar-refractivity contribution in [2.24, 2.45) is 21.1 Å². The Bertz CT molecular complexity index is 1170. The van der Waals surface area contributed by atoms with Crippen LogP contribution in [0.3, 0.4) is 0 Å². The summed E-state index contributed by atoms with van der Waals surface area (Å²) < 4.78 is 4.70. The highest BCUT2D eigenvalue weighted by Crippen LogP contribution is 2.21. The van der Waals surface area contributed by atoms with Gasteiger partial charge in [0.25, 0.3) is 17.7 Å². The highest BCUT2D eigenvalue weighted by Gasteiger charge is 2.23. The Morgan fingerprint density at radius 2 is 1.53 bits per heavy atom. The van der Waals surface area contributed by atoms with E-state index in [1.54, 1.807) is 67.8 Å². The van der Waals surface area contributed by atoms with Crippen LogP contribution in [0.5, 0.6) is 0 Å². The maximum Gasteiger partial charge on any atom is 0.291 e. The minimum atomic E-state index is -0.439. The molecule has 1 saturated carbocycles. The summed E-state index contributed by atoms with van der Waals surface area (Å²) in [5.74, 6) is -0.592. The first-order chi connectivity index (χ1) is 15.3. The Balaban J connectivity index is 1.42. The number of hydrogen-bond donors (Lipinski definition) is 3. The van der Waals surface area contributed by atoms with Crippen LogP contribution < -0.4 is 16.0 Å². The van der Waals surface area contributed by atoms with Crippen molar-refractivity contribution in [2.45, 2.75) is 0 Å². The molecule has 1 aliphatic rings. The van der Waals surface area contributed by atoms with Crippen LogP contribution in [0.1, 0.15) is 31.7 Å². The second-order valence-electron chi connectivity index (χ2n) is 7.18. The summed E-state index contributed by atoms with van der Waals surface area (Å²) in [4.78, 5) is 45.7. The highest BCUT2D eigenvalue weighted by atomic mass is 16.2. The molecule has 32 heavy (non-hydrogen) atoms. The van der Waals surface area contributed by atoms with Crippen molar-refractivity contribution in [1.29, 1.82) is 0 Å². The molecular weight excluding hydrogens is 412 g/mol. The minimum absolute atomic E-state index is 0.149. The third kappa shape index (κ3) is 4.41. The quantitative estimate of drug-likeness (QED) is 0.536. The van der Waals surface area contributed by atoms with Crippen LogP contribution in [0, 0.1) is 31.7 Å². The van der Waals surface area contributed by atoms with Crippen molar-refractivity contribution < 1.29 is 14.4 Å². The number of nitrogens with one attached hydrogen (secondary N) is 3. The standard InChI is InChI=1S/C21H21N8O3/c1-27-9-8-22-17(27)20(31)24-14-10-15(28(2)11-14)19(30)26-16-12-29(3)18(25-16)21(32)23-13-6-4-5-7-13/h4-12H,1-3H3,(H,23,32)(H,24,31)(H,26,30). The first-order valence-electron chi connectivity index (χ1n) is 9.64. The Hall–Kier alpha value is -3.89. The van der Waals surface area contributed by atoms with Gasteiger partial charge < -0.3 is 29.7 Å². The van der Waals surface area contributed by atoms with E-state index < -0.39 is 11.8 Å². The van der Waals surface area contributed by atoms with Crippen molar-refractivity contribution in [2.75, 3.05) is 10.6 Å². The summed E-state index contributed by atoms with van der Waals surface area (Å²) in [7, 11) is 5.06. The maximum absolute atomic E-state index is 12.8. The zero-order valence-electron chi connectivity index (χ0n) is 17.7. The second kappa shape index (κ2) is 8.69. The Morgan fingerprint density at radius 1 is 0.812 bits per heavy atom. The van der Waals surface area contributed by atoms with E-state index in [1.165, 1.54) is 10.8 Å². The van der Waals surface area contributed by atoms with Crippen LogP contribution in [0.15, 0.2) is 30.9 Å². The van der Waals surface area contributed by atoms with Crippen LogP contribution in [0.25, 0.3) is 0 Å². The molecule has 0 aromatic carbocycles. The SMILES string of the molecule is Cn1cc(NC(=O)c2nccn2C)cc1C(=O)Nc1cn(C)c(C(=O)N[C]2[CH][CH][CH][CH]2)n1. The van der Waals surface area contributed by atoms with Gasteiger partial charge in [-0.15, -0.1) is 0 Å². The topological polar surface area (TPSA) is 128 Å². The lowest BCUT2D eigenvalue weighted by Crippen LogP contribution is -2.29. The van der Waals surface area contributed by atoms with E-state index in [0.29, 0.717) is 17.4 Å². The molecule has 0 saturated heterocycles. The zero-order valence-corrected chi connectivity index (χ0v) is 17.7. The maximum atomic E-state index is 12.8. The number of rotatable bonds is 6. The van der Waals surface area contributed by atoms with Crippen LogP contribution in [-0.2, 0) is 21.1 Å². The molecule has 0 unspecified atom stereocenters. The third-order valence-electron chi connectivity index (χ3n) is 4.76. The molecule has 3 N–H and O–H groups in total. The number of carbonyl (C=O) groups is 3. The molecule has 3 aromatic rings. The van der Waals surface area contributed by atoms with Gasteiger partial charge in [0.2, 0.25) is 5.82 Å². The monoisotopic (exact) mass is 433 g/mol. The molecule has 3 aromatic heterocycles. The van der Waals surface area contributed by atoms with Crippen molar-refractivity contribution in [1.82, 2.24) is 29.0 Å². The molecule has 3 heterocycles. The number of aromatic nitrogens is 5. The predicted molar refractivity (Wildman–Crippen MR) is 116 cm³/mol. The Labute approximate surface area is 184 Å². The van der Waals surface area contributed by atoms with E-state index in [1.807, 2.05) is 12.8 Å². The summed E-state index contributed by atoms with van der Waals surface area (Å²) >= 11 is 0. The molecule has 11 heteroatoms. The van der Waals surface area contributed by atoms with Gasteiger partial charge in [-0.25, -0.2) is 9.97 Å². The van der Waals surface area contributed by atoms with E-state index in [-0.39, 0.29) is 23.4 Å². The lowest BCUT2D eigenvalue weighted by atomic mass is 10.2. The third-order valence-corrected chi connectivity index (χ3v) is 4.76. The first-order valence-corrected chi connectivity index (χ1v) is 9.64. The number of nitrogens with zero attached hydrogens (tertiary/aromatic N) is 5. The summed E-state index contributed by atoms with van der Waals surface area (Å²) in [6, 6.07) is 2.20. The zero-order chi connectivity index (χ0) is 22.8. The van der Waals surface area contributed by atoms with Gasteiger partial charge in [0, 0.05) is 45.9 Å².